The summed E-state index contributed by atoms with van der Waals surface area (Å²) in [7, 11) is 0. The summed E-state index contributed by atoms with van der Waals surface area (Å²) in [4.78, 5) is 18.0. The number of amides is 1. The zero-order chi connectivity index (χ0) is 17.1. The van der Waals surface area contributed by atoms with E-state index >= 15 is 0 Å². The normalized spacial score (nSPS) is 18.0. The predicted octanol–water partition coefficient (Wildman–Crippen LogP) is 3.60. The van der Waals surface area contributed by atoms with Crippen molar-refractivity contribution in [2.75, 3.05) is 19.6 Å². The highest BCUT2D eigenvalue weighted by molar-refractivity contribution is 6.31. The molecule has 1 amide bonds. The molecular formula is C19H26ClN3O. The van der Waals surface area contributed by atoms with Crippen LogP contribution in [-0.2, 0) is 11.2 Å². The number of hydrogen-bond acceptors (Lipinski definition) is 2. The van der Waals surface area contributed by atoms with Crippen LogP contribution in [0.3, 0.4) is 0 Å². The van der Waals surface area contributed by atoms with Crippen molar-refractivity contribution in [3.63, 3.8) is 0 Å². The highest BCUT2D eigenvalue weighted by Crippen LogP contribution is 2.22. The average molecular weight is 348 g/mol. The second-order valence-corrected chi connectivity index (χ2v) is 7.49. The Morgan fingerprint density at radius 2 is 2.17 bits per heavy atom. The zero-order valence-electron chi connectivity index (χ0n) is 14.4. The Hall–Kier alpha value is -1.52. The van der Waals surface area contributed by atoms with Crippen molar-refractivity contribution in [2.45, 2.75) is 39.2 Å². The molecule has 1 aromatic carbocycles. The summed E-state index contributed by atoms with van der Waals surface area (Å²) in [5, 5.41) is 4.80. The first kappa shape index (κ1) is 17.3. The molecule has 1 saturated heterocycles. The van der Waals surface area contributed by atoms with Gasteiger partial charge in [0.1, 0.15) is 0 Å². The van der Waals surface area contributed by atoms with Gasteiger partial charge < -0.3 is 10.3 Å². The Labute approximate surface area is 148 Å². The Kier molecular flexibility index (Phi) is 5.47. The SMILES string of the molecule is CC1CCN(C(C)CNC(=O)Cc2c[nH]c3ccc(Cl)cc23)CC1. The Morgan fingerprint density at radius 3 is 2.92 bits per heavy atom. The first-order valence-corrected chi connectivity index (χ1v) is 9.17. The number of nitrogens with zero attached hydrogens (tertiary/aromatic N) is 1. The van der Waals surface area contributed by atoms with Gasteiger partial charge in [0.25, 0.3) is 0 Å². The molecule has 4 nitrogen and oxygen atoms in total. The van der Waals surface area contributed by atoms with E-state index in [-0.39, 0.29) is 5.91 Å². The third-order valence-corrected chi connectivity index (χ3v) is 5.35. The van der Waals surface area contributed by atoms with E-state index in [0.29, 0.717) is 24.0 Å². The minimum absolute atomic E-state index is 0.0631. The topological polar surface area (TPSA) is 48.1 Å². The first-order chi connectivity index (χ1) is 11.5. The third kappa shape index (κ3) is 4.11. The molecule has 2 heterocycles. The molecule has 130 valence electrons. The maximum atomic E-state index is 12.3. The van der Waals surface area contributed by atoms with E-state index in [4.69, 9.17) is 11.6 Å². The number of H-pyrrole nitrogens is 1. The second-order valence-electron chi connectivity index (χ2n) is 7.05. The van der Waals surface area contributed by atoms with Gasteiger partial charge in [-0.15, -0.1) is 0 Å². The number of carbonyl (C=O) groups excluding carboxylic acids is 1. The van der Waals surface area contributed by atoms with Gasteiger partial charge in [0.2, 0.25) is 5.91 Å². The van der Waals surface area contributed by atoms with Gasteiger partial charge in [0, 0.05) is 34.7 Å². The monoisotopic (exact) mass is 347 g/mol. The summed E-state index contributed by atoms with van der Waals surface area (Å²) >= 11 is 6.06. The molecule has 2 aromatic rings. The Balaban J connectivity index is 1.52. The second kappa shape index (κ2) is 7.58. The molecule has 0 spiro atoms. The highest BCUT2D eigenvalue weighted by atomic mass is 35.5. The first-order valence-electron chi connectivity index (χ1n) is 8.79. The van der Waals surface area contributed by atoms with Gasteiger partial charge in [-0.2, -0.15) is 0 Å². The molecule has 0 saturated carbocycles. The van der Waals surface area contributed by atoms with Gasteiger partial charge in [-0.25, -0.2) is 0 Å². The van der Waals surface area contributed by atoms with Gasteiger partial charge in [-0.1, -0.05) is 18.5 Å². The van der Waals surface area contributed by atoms with Crippen LogP contribution < -0.4 is 5.32 Å². The van der Waals surface area contributed by atoms with Crippen LogP contribution >= 0.6 is 11.6 Å². The quantitative estimate of drug-likeness (QED) is 0.868. The third-order valence-electron chi connectivity index (χ3n) is 5.12. The number of likely N-dealkylation sites (tertiary alicyclic amines) is 1. The molecule has 24 heavy (non-hydrogen) atoms. The molecule has 3 rings (SSSR count). The number of rotatable bonds is 5. The molecule has 1 aliphatic rings. The summed E-state index contributed by atoms with van der Waals surface area (Å²) in [6.07, 6.45) is 4.79. The van der Waals surface area contributed by atoms with Crippen molar-refractivity contribution in [1.82, 2.24) is 15.2 Å². The zero-order valence-corrected chi connectivity index (χ0v) is 15.2. The number of aromatic amines is 1. The highest BCUT2D eigenvalue weighted by Gasteiger charge is 2.20. The fourth-order valence-corrected chi connectivity index (χ4v) is 3.56. The lowest BCUT2D eigenvalue weighted by Gasteiger charge is -2.35. The maximum absolute atomic E-state index is 12.3. The van der Waals surface area contributed by atoms with Crippen LogP contribution in [0.15, 0.2) is 24.4 Å². The van der Waals surface area contributed by atoms with Gasteiger partial charge in [-0.3, -0.25) is 9.69 Å². The maximum Gasteiger partial charge on any atom is 0.224 e. The molecule has 1 unspecified atom stereocenters. The number of nitrogens with one attached hydrogen (secondary N) is 2. The van der Waals surface area contributed by atoms with Crippen molar-refractivity contribution < 1.29 is 4.79 Å². The molecule has 5 heteroatoms. The van der Waals surface area contributed by atoms with Crippen LogP contribution in [0.4, 0.5) is 0 Å². The van der Waals surface area contributed by atoms with Gasteiger partial charge >= 0.3 is 0 Å². The number of fused-ring (bicyclic) bond motifs is 1. The molecule has 1 aliphatic heterocycles. The van der Waals surface area contributed by atoms with E-state index in [9.17, 15) is 4.79 Å². The minimum atomic E-state index is 0.0631. The fraction of sp³-hybridized carbons (Fsp3) is 0.526. The van der Waals surface area contributed by atoms with Crippen LogP contribution in [0.25, 0.3) is 10.9 Å². The largest absolute Gasteiger partial charge is 0.361 e. The fourth-order valence-electron chi connectivity index (χ4n) is 3.39. The van der Waals surface area contributed by atoms with Crippen LogP contribution in [-0.4, -0.2) is 41.5 Å². The average Bonchev–Trinajstić information content (AvgIpc) is 2.95. The summed E-state index contributed by atoms with van der Waals surface area (Å²) in [6, 6.07) is 6.09. The lowest BCUT2D eigenvalue weighted by atomic mass is 9.98. The van der Waals surface area contributed by atoms with Gasteiger partial charge in [-0.05, 0) is 62.5 Å². The molecule has 2 N–H and O–H groups in total. The summed E-state index contributed by atoms with van der Waals surface area (Å²) < 4.78 is 0. The summed E-state index contributed by atoms with van der Waals surface area (Å²) in [6.45, 7) is 7.49. The predicted molar refractivity (Wildman–Crippen MR) is 99.5 cm³/mol. The van der Waals surface area contributed by atoms with E-state index in [1.807, 2.05) is 24.4 Å². The van der Waals surface area contributed by atoms with Crippen molar-refractivity contribution in [3.05, 3.63) is 35.0 Å². The molecule has 1 fully saturated rings. The summed E-state index contributed by atoms with van der Waals surface area (Å²) in [5.74, 6) is 0.893. The lowest BCUT2D eigenvalue weighted by molar-refractivity contribution is -0.120. The molecule has 0 bridgehead atoms. The lowest BCUT2D eigenvalue weighted by Crippen LogP contribution is -2.45. The van der Waals surface area contributed by atoms with Crippen LogP contribution in [0.2, 0.25) is 5.02 Å². The number of piperidine rings is 1. The Bertz CT molecular complexity index is 704. The van der Waals surface area contributed by atoms with E-state index < -0.39 is 0 Å². The van der Waals surface area contributed by atoms with Crippen LogP contribution in [0, 0.1) is 5.92 Å². The molecule has 0 aliphatic carbocycles. The van der Waals surface area contributed by atoms with Crippen LogP contribution in [0.5, 0.6) is 0 Å². The standard InChI is InChI=1S/C19H26ClN3O/c1-13-5-7-23(8-6-13)14(2)11-22-19(24)9-15-12-21-18-4-3-16(20)10-17(15)18/h3-4,10,12-14,21H,5-9,11H2,1-2H3,(H,22,24). The molecule has 1 aromatic heterocycles. The van der Waals surface area contributed by atoms with Crippen molar-refractivity contribution >= 4 is 28.4 Å². The van der Waals surface area contributed by atoms with E-state index in [1.54, 1.807) is 0 Å². The van der Waals surface area contributed by atoms with E-state index in [2.05, 4.69) is 29.0 Å². The number of carbonyl (C=O) groups is 1. The molecule has 0 radical (unpaired) electrons. The minimum Gasteiger partial charge on any atom is -0.361 e. The number of halogens is 1. The number of benzene rings is 1. The van der Waals surface area contributed by atoms with Gasteiger partial charge in [0.15, 0.2) is 0 Å². The number of aromatic nitrogens is 1. The van der Waals surface area contributed by atoms with Crippen LogP contribution in [0.1, 0.15) is 32.3 Å². The summed E-state index contributed by atoms with van der Waals surface area (Å²) in [5.41, 5.74) is 2.00. The van der Waals surface area contributed by atoms with Crippen molar-refractivity contribution in [3.8, 4) is 0 Å². The Morgan fingerprint density at radius 1 is 1.42 bits per heavy atom. The van der Waals surface area contributed by atoms with Crippen molar-refractivity contribution in [2.24, 2.45) is 5.92 Å². The van der Waals surface area contributed by atoms with E-state index in [0.717, 1.165) is 35.5 Å². The molecular weight excluding hydrogens is 322 g/mol. The van der Waals surface area contributed by atoms with Gasteiger partial charge in [0.05, 0.1) is 6.42 Å². The smallest absolute Gasteiger partial charge is 0.224 e. The molecule has 1 atom stereocenters. The number of hydrogen-bond donors (Lipinski definition) is 2. The van der Waals surface area contributed by atoms with Crippen molar-refractivity contribution in [1.29, 1.82) is 0 Å². The van der Waals surface area contributed by atoms with E-state index in [1.165, 1.54) is 12.8 Å².